The van der Waals surface area contributed by atoms with Crippen molar-refractivity contribution in [2.45, 2.75) is 38.5 Å². The van der Waals surface area contributed by atoms with E-state index in [-0.39, 0.29) is 6.54 Å². The molecule has 0 saturated heterocycles. The van der Waals surface area contributed by atoms with Gasteiger partial charge in [0.1, 0.15) is 0 Å². The van der Waals surface area contributed by atoms with Crippen molar-refractivity contribution in [3.8, 4) is 0 Å². The Balaban J connectivity index is 1.84. The first-order valence-corrected chi connectivity index (χ1v) is 13.0. The topological polar surface area (TPSA) is 123 Å². The van der Waals surface area contributed by atoms with E-state index in [0.29, 0.717) is 35.7 Å². The molecule has 0 aromatic heterocycles. The van der Waals surface area contributed by atoms with E-state index in [1.54, 1.807) is 66.7 Å². The summed E-state index contributed by atoms with van der Waals surface area (Å²) < 4.78 is 11.5. The number of carbonyl (C=O) groups is 3. The van der Waals surface area contributed by atoms with Crippen LogP contribution in [-0.2, 0) is 24.6 Å². The van der Waals surface area contributed by atoms with Gasteiger partial charge in [-0.1, -0.05) is 66.2 Å². The second-order valence-electron chi connectivity index (χ2n) is 9.27. The number of amides is 4. The van der Waals surface area contributed by atoms with Crippen LogP contribution in [0.5, 0.6) is 0 Å². The average Bonchev–Trinajstić information content (AvgIpc) is 3.14. The van der Waals surface area contributed by atoms with Crippen molar-refractivity contribution in [3.63, 3.8) is 0 Å². The van der Waals surface area contributed by atoms with Crippen LogP contribution in [0.1, 0.15) is 36.5 Å². The van der Waals surface area contributed by atoms with Gasteiger partial charge in [0.15, 0.2) is 11.8 Å². The van der Waals surface area contributed by atoms with Gasteiger partial charge in [-0.25, -0.2) is 4.79 Å². The molecule has 0 fully saturated rings. The first-order chi connectivity index (χ1) is 18.8. The summed E-state index contributed by atoms with van der Waals surface area (Å²) in [4.78, 5) is 42.7. The highest BCUT2D eigenvalue weighted by Gasteiger charge is 2.59. The van der Waals surface area contributed by atoms with E-state index in [1.165, 1.54) is 4.90 Å². The summed E-state index contributed by atoms with van der Waals surface area (Å²) in [5.74, 6) is -2.48. The van der Waals surface area contributed by atoms with Gasteiger partial charge in [0.2, 0.25) is 5.91 Å². The molecule has 1 heterocycles. The molecule has 1 aliphatic heterocycles. The van der Waals surface area contributed by atoms with Crippen LogP contribution in [0.15, 0.2) is 78.9 Å². The van der Waals surface area contributed by atoms with Gasteiger partial charge in [0, 0.05) is 24.5 Å². The Morgan fingerprint density at radius 1 is 0.923 bits per heavy atom. The molecular formula is C30H34N4O5. The summed E-state index contributed by atoms with van der Waals surface area (Å²) in [5, 5.41) is 5.68. The number of nitrogens with one attached hydrogen (secondary N) is 2. The molecule has 4 amide bonds. The number of hydrogen-bond donors (Lipinski definition) is 3. The molecule has 9 nitrogen and oxygen atoms in total. The number of primary amides is 1. The number of benzene rings is 3. The summed E-state index contributed by atoms with van der Waals surface area (Å²) in [5.41, 5.74) is 7.22. The number of hydrogen-bond acceptors (Lipinski definition) is 5. The monoisotopic (exact) mass is 530 g/mol. The summed E-state index contributed by atoms with van der Waals surface area (Å²) >= 11 is 0. The summed E-state index contributed by atoms with van der Waals surface area (Å²) in [6, 6.07) is 22.4. The van der Waals surface area contributed by atoms with Gasteiger partial charge in [-0.3, -0.25) is 9.59 Å². The smallest absolute Gasteiger partial charge is 0.320 e. The van der Waals surface area contributed by atoms with Gasteiger partial charge in [-0.15, -0.1) is 0 Å². The molecule has 0 saturated carbocycles. The highest BCUT2D eigenvalue weighted by Crippen LogP contribution is 2.48. The van der Waals surface area contributed by atoms with Crippen molar-refractivity contribution in [1.82, 2.24) is 5.32 Å². The number of ether oxygens (including phenoxy) is 2. The molecule has 0 aliphatic carbocycles. The van der Waals surface area contributed by atoms with Crippen LogP contribution in [0, 0.1) is 6.92 Å². The molecule has 3 aromatic rings. The minimum Gasteiger partial charge on any atom is -0.369 e. The van der Waals surface area contributed by atoms with Gasteiger partial charge >= 0.3 is 6.03 Å². The van der Waals surface area contributed by atoms with E-state index < -0.39 is 35.6 Å². The summed E-state index contributed by atoms with van der Waals surface area (Å²) in [6.45, 7) is 6.43. The quantitative estimate of drug-likeness (QED) is 0.323. The van der Waals surface area contributed by atoms with Gasteiger partial charge in [0.25, 0.3) is 5.91 Å². The number of rotatable bonds is 11. The van der Waals surface area contributed by atoms with Crippen molar-refractivity contribution in [3.05, 3.63) is 95.6 Å². The van der Waals surface area contributed by atoms with Crippen LogP contribution < -0.4 is 21.3 Å². The zero-order valence-corrected chi connectivity index (χ0v) is 22.3. The molecule has 4 rings (SSSR count). The third-order valence-electron chi connectivity index (χ3n) is 6.71. The van der Waals surface area contributed by atoms with Crippen LogP contribution in [0.25, 0.3) is 0 Å². The van der Waals surface area contributed by atoms with Gasteiger partial charge in [0.05, 0.1) is 18.2 Å². The molecule has 204 valence electrons. The number of carbonyl (C=O) groups excluding carboxylic acids is 3. The molecule has 39 heavy (non-hydrogen) atoms. The van der Waals surface area contributed by atoms with E-state index >= 15 is 0 Å². The molecule has 3 aromatic carbocycles. The number of aryl methyl sites for hydroxylation is 1. The Bertz CT molecular complexity index is 1310. The number of para-hydroxylation sites is 1. The first-order valence-electron chi connectivity index (χ1n) is 13.0. The standard InChI is InChI=1S/C30H34N4O5/c1-4-38-25(39-5-2)19-34-24-14-10-9-13-23(24)30(28(34)36,26(27(31)35)21-11-7-6-8-12-21)33-29(37)32-22-17-15-20(3)16-18-22/h6-18,25-26H,4-5,19H2,1-3H3,(H2,31,35)(H2,32,33,37). The minimum absolute atomic E-state index is 0.0564. The number of nitrogens with two attached hydrogens (primary N) is 1. The van der Waals surface area contributed by atoms with Gasteiger partial charge < -0.3 is 30.7 Å². The van der Waals surface area contributed by atoms with Gasteiger partial charge in [-0.2, -0.15) is 0 Å². The molecule has 0 bridgehead atoms. The molecular weight excluding hydrogens is 496 g/mol. The molecule has 0 radical (unpaired) electrons. The van der Waals surface area contributed by atoms with Crippen LogP contribution in [0.2, 0.25) is 0 Å². The summed E-state index contributed by atoms with van der Waals surface area (Å²) in [6.07, 6.45) is -0.710. The highest BCUT2D eigenvalue weighted by atomic mass is 16.7. The fourth-order valence-electron chi connectivity index (χ4n) is 5.06. The molecule has 2 unspecified atom stereocenters. The zero-order valence-electron chi connectivity index (χ0n) is 22.3. The van der Waals surface area contributed by atoms with Crippen molar-refractivity contribution < 1.29 is 23.9 Å². The Morgan fingerprint density at radius 3 is 2.15 bits per heavy atom. The predicted molar refractivity (Wildman–Crippen MR) is 149 cm³/mol. The average molecular weight is 531 g/mol. The number of fused-ring (bicyclic) bond motifs is 1. The summed E-state index contributed by atoms with van der Waals surface area (Å²) in [7, 11) is 0. The zero-order chi connectivity index (χ0) is 28.0. The van der Waals surface area contributed by atoms with Crippen LogP contribution in [0.3, 0.4) is 0 Å². The Labute approximate surface area is 228 Å². The maximum absolute atomic E-state index is 14.5. The van der Waals surface area contributed by atoms with Crippen molar-refractivity contribution in [2.75, 3.05) is 30.0 Å². The number of urea groups is 1. The second-order valence-corrected chi connectivity index (χ2v) is 9.27. The molecule has 2 atom stereocenters. The molecule has 4 N–H and O–H groups in total. The van der Waals surface area contributed by atoms with Gasteiger partial charge in [-0.05, 0) is 44.5 Å². The number of nitrogens with zero attached hydrogens (tertiary/aromatic N) is 1. The Hall–Kier alpha value is -4.21. The third kappa shape index (κ3) is 5.64. The van der Waals surface area contributed by atoms with E-state index in [2.05, 4.69) is 10.6 Å². The van der Waals surface area contributed by atoms with Crippen molar-refractivity contribution in [2.24, 2.45) is 5.73 Å². The third-order valence-corrected chi connectivity index (χ3v) is 6.71. The lowest BCUT2D eigenvalue weighted by Crippen LogP contribution is -2.60. The SMILES string of the molecule is CCOC(CN1C(=O)C(NC(=O)Nc2ccc(C)cc2)(C(C(N)=O)c2ccccc2)c2ccccc21)OCC. The molecule has 0 spiro atoms. The van der Waals surface area contributed by atoms with Crippen LogP contribution in [-0.4, -0.2) is 43.9 Å². The Kier molecular flexibility index (Phi) is 8.63. The molecule has 1 aliphatic rings. The largest absolute Gasteiger partial charge is 0.369 e. The van der Waals surface area contributed by atoms with E-state index in [0.717, 1.165) is 5.56 Å². The van der Waals surface area contributed by atoms with Crippen LogP contribution in [0.4, 0.5) is 16.2 Å². The van der Waals surface area contributed by atoms with E-state index in [4.69, 9.17) is 15.2 Å². The minimum atomic E-state index is -1.83. The van der Waals surface area contributed by atoms with E-state index in [1.807, 2.05) is 32.9 Å². The highest BCUT2D eigenvalue weighted by molar-refractivity contribution is 6.13. The Morgan fingerprint density at radius 2 is 1.54 bits per heavy atom. The predicted octanol–water partition coefficient (Wildman–Crippen LogP) is 4.03. The maximum Gasteiger partial charge on any atom is 0.320 e. The van der Waals surface area contributed by atoms with E-state index in [9.17, 15) is 14.4 Å². The first kappa shape index (κ1) is 27.8. The fourth-order valence-corrected chi connectivity index (χ4v) is 5.06. The fraction of sp³-hybridized carbons (Fsp3) is 0.300. The normalized spacial score (nSPS) is 17.1. The lowest BCUT2D eigenvalue weighted by Gasteiger charge is -2.36. The maximum atomic E-state index is 14.5. The second kappa shape index (κ2) is 12.1. The number of anilines is 2. The molecule has 9 heteroatoms. The lowest BCUT2D eigenvalue weighted by molar-refractivity contribution is -0.139. The van der Waals surface area contributed by atoms with Crippen LogP contribution >= 0.6 is 0 Å². The lowest BCUT2D eigenvalue weighted by atomic mass is 9.74. The van der Waals surface area contributed by atoms with Crippen molar-refractivity contribution >= 4 is 29.2 Å². The van der Waals surface area contributed by atoms with Crippen molar-refractivity contribution in [1.29, 1.82) is 0 Å².